The van der Waals surface area contributed by atoms with Gasteiger partial charge in [0.15, 0.2) is 0 Å². The molecule has 1 atom stereocenters. The summed E-state index contributed by atoms with van der Waals surface area (Å²) >= 11 is 6.27. The first-order chi connectivity index (χ1) is 14.8. The van der Waals surface area contributed by atoms with Crippen LogP contribution in [0.15, 0.2) is 45.9 Å². The number of carbonyl (C=O) groups is 1. The Balaban J connectivity index is 1.46. The molecule has 31 heavy (non-hydrogen) atoms. The van der Waals surface area contributed by atoms with Gasteiger partial charge in [-0.15, -0.1) is 0 Å². The third-order valence-corrected chi connectivity index (χ3v) is 8.38. The zero-order chi connectivity index (χ0) is 22.0. The molecule has 2 aliphatic rings. The molecule has 4 rings (SSSR count). The van der Waals surface area contributed by atoms with Gasteiger partial charge < -0.3 is 9.32 Å². The molecule has 2 fully saturated rings. The fraction of sp³-hybridized carbons (Fsp3) is 0.500. The van der Waals surface area contributed by atoms with Crippen LogP contribution in [0.5, 0.6) is 0 Å². The lowest BCUT2D eigenvalue weighted by atomic mass is 10.0. The summed E-state index contributed by atoms with van der Waals surface area (Å²) in [5.41, 5.74) is 0.354. The lowest BCUT2D eigenvalue weighted by molar-refractivity contribution is 0.0620. The Labute approximate surface area is 188 Å². The Hall–Kier alpha value is -1.87. The van der Waals surface area contributed by atoms with Crippen LogP contribution in [-0.2, 0) is 16.6 Å². The molecule has 0 bridgehead atoms. The number of rotatable bonds is 5. The molecule has 2 saturated heterocycles. The molecule has 1 aromatic heterocycles. The van der Waals surface area contributed by atoms with Gasteiger partial charge in [-0.25, -0.2) is 8.42 Å². The van der Waals surface area contributed by atoms with Crippen molar-refractivity contribution in [3.8, 4) is 0 Å². The normalized spacial score (nSPS) is 21.4. The number of benzene rings is 1. The number of hydrogen-bond donors (Lipinski definition) is 0. The molecule has 0 radical (unpaired) electrons. The summed E-state index contributed by atoms with van der Waals surface area (Å²) in [7, 11) is -3.74. The lowest BCUT2D eigenvalue weighted by Gasteiger charge is -2.34. The van der Waals surface area contributed by atoms with Crippen LogP contribution in [0, 0.1) is 5.92 Å². The largest absolute Gasteiger partial charge is 0.468 e. The highest BCUT2D eigenvalue weighted by atomic mass is 35.5. The Morgan fingerprint density at radius 3 is 2.61 bits per heavy atom. The highest BCUT2D eigenvalue weighted by Crippen LogP contribution is 2.29. The molecule has 0 aliphatic carbocycles. The van der Waals surface area contributed by atoms with Gasteiger partial charge in [-0.05, 0) is 49.1 Å². The fourth-order valence-corrected chi connectivity index (χ4v) is 6.35. The number of carbonyl (C=O) groups excluding carboxylic acids is 1. The molecule has 1 aromatic carbocycles. The van der Waals surface area contributed by atoms with Crippen LogP contribution in [0.1, 0.15) is 35.9 Å². The van der Waals surface area contributed by atoms with Crippen LogP contribution in [0.25, 0.3) is 0 Å². The third kappa shape index (κ3) is 4.98. The standard InChI is InChI=1S/C22H28ClN3O4S/c1-17-4-2-8-26(15-17)31(28,29)21-14-18(6-7-20(21)23)22(27)25-11-9-24(10-12-25)16-19-5-3-13-30-19/h3,5-7,13-14,17H,2,4,8-12,15-16H2,1H3. The van der Waals surface area contributed by atoms with E-state index in [0.717, 1.165) is 31.7 Å². The second kappa shape index (κ2) is 9.32. The van der Waals surface area contributed by atoms with Gasteiger partial charge in [0.2, 0.25) is 10.0 Å². The Morgan fingerprint density at radius 2 is 1.94 bits per heavy atom. The number of piperazine rings is 1. The van der Waals surface area contributed by atoms with Crippen LogP contribution in [-0.4, -0.2) is 67.7 Å². The first kappa shape index (κ1) is 22.3. The highest BCUT2D eigenvalue weighted by molar-refractivity contribution is 7.89. The van der Waals surface area contributed by atoms with Gasteiger partial charge in [-0.3, -0.25) is 9.69 Å². The Bertz CT molecular complexity index is 1020. The van der Waals surface area contributed by atoms with Crippen molar-refractivity contribution >= 4 is 27.5 Å². The summed E-state index contributed by atoms with van der Waals surface area (Å²) in [6, 6.07) is 8.37. The minimum Gasteiger partial charge on any atom is -0.468 e. The number of furan rings is 1. The van der Waals surface area contributed by atoms with E-state index in [9.17, 15) is 13.2 Å². The van der Waals surface area contributed by atoms with Gasteiger partial charge in [-0.1, -0.05) is 18.5 Å². The zero-order valence-corrected chi connectivity index (χ0v) is 19.2. The molecule has 3 heterocycles. The third-order valence-electron chi connectivity index (χ3n) is 6.03. The van der Waals surface area contributed by atoms with Crippen molar-refractivity contribution in [3.63, 3.8) is 0 Å². The van der Waals surface area contributed by atoms with E-state index >= 15 is 0 Å². The van der Waals surface area contributed by atoms with Crippen LogP contribution in [0.2, 0.25) is 5.02 Å². The summed E-state index contributed by atoms with van der Waals surface area (Å²) in [6.45, 7) is 6.35. The maximum Gasteiger partial charge on any atom is 0.253 e. The number of nitrogens with zero attached hydrogens (tertiary/aromatic N) is 3. The van der Waals surface area contributed by atoms with Crippen molar-refractivity contribution in [2.75, 3.05) is 39.3 Å². The number of hydrogen-bond acceptors (Lipinski definition) is 5. The number of piperidine rings is 1. The first-order valence-corrected chi connectivity index (χ1v) is 12.5. The topological polar surface area (TPSA) is 74.1 Å². The Morgan fingerprint density at radius 1 is 1.16 bits per heavy atom. The van der Waals surface area contributed by atoms with E-state index in [2.05, 4.69) is 11.8 Å². The van der Waals surface area contributed by atoms with Gasteiger partial charge in [-0.2, -0.15) is 4.31 Å². The fourth-order valence-electron chi connectivity index (χ4n) is 4.25. The summed E-state index contributed by atoms with van der Waals surface area (Å²) < 4.78 is 33.3. The maximum absolute atomic E-state index is 13.2. The van der Waals surface area contributed by atoms with Crippen molar-refractivity contribution in [3.05, 3.63) is 52.9 Å². The molecule has 9 heteroatoms. The molecule has 168 valence electrons. The highest BCUT2D eigenvalue weighted by Gasteiger charge is 2.31. The van der Waals surface area contributed by atoms with Crippen LogP contribution >= 0.6 is 11.6 Å². The van der Waals surface area contributed by atoms with Gasteiger partial charge in [0.25, 0.3) is 5.91 Å². The quantitative estimate of drug-likeness (QED) is 0.677. The minimum atomic E-state index is -3.74. The number of amides is 1. The molecule has 2 aliphatic heterocycles. The molecular formula is C22H28ClN3O4S. The molecule has 0 N–H and O–H groups in total. The van der Waals surface area contributed by atoms with Crippen molar-refractivity contribution in [2.45, 2.75) is 31.2 Å². The monoisotopic (exact) mass is 465 g/mol. The summed E-state index contributed by atoms with van der Waals surface area (Å²) in [4.78, 5) is 17.1. The number of halogens is 1. The van der Waals surface area contributed by atoms with E-state index < -0.39 is 10.0 Å². The smallest absolute Gasteiger partial charge is 0.253 e. The average molecular weight is 466 g/mol. The Kier molecular flexibility index (Phi) is 6.71. The average Bonchev–Trinajstić information content (AvgIpc) is 3.27. The lowest BCUT2D eigenvalue weighted by Crippen LogP contribution is -2.48. The van der Waals surface area contributed by atoms with Crippen LogP contribution in [0.3, 0.4) is 0 Å². The second-order valence-electron chi connectivity index (χ2n) is 8.40. The van der Waals surface area contributed by atoms with E-state index in [0.29, 0.717) is 44.2 Å². The molecular weight excluding hydrogens is 438 g/mol. The molecule has 1 amide bonds. The minimum absolute atomic E-state index is 0.0190. The molecule has 0 spiro atoms. The van der Waals surface area contributed by atoms with E-state index in [-0.39, 0.29) is 15.8 Å². The van der Waals surface area contributed by atoms with Crippen LogP contribution in [0.4, 0.5) is 0 Å². The SMILES string of the molecule is CC1CCCN(S(=O)(=O)c2cc(C(=O)N3CCN(Cc4ccco4)CC3)ccc2Cl)C1. The van der Waals surface area contributed by atoms with E-state index in [1.165, 1.54) is 16.4 Å². The molecule has 2 aromatic rings. The predicted octanol–water partition coefficient (Wildman–Crippen LogP) is 3.31. The second-order valence-corrected chi connectivity index (χ2v) is 10.7. The summed E-state index contributed by atoms with van der Waals surface area (Å²) in [6.07, 6.45) is 3.51. The van der Waals surface area contributed by atoms with E-state index in [1.807, 2.05) is 12.1 Å². The summed E-state index contributed by atoms with van der Waals surface area (Å²) in [5.74, 6) is 1.04. The van der Waals surface area contributed by atoms with Gasteiger partial charge in [0.1, 0.15) is 10.7 Å². The number of sulfonamides is 1. The van der Waals surface area contributed by atoms with Gasteiger partial charge >= 0.3 is 0 Å². The van der Waals surface area contributed by atoms with Crippen molar-refractivity contribution < 1.29 is 17.6 Å². The molecule has 7 nitrogen and oxygen atoms in total. The van der Waals surface area contributed by atoms with E-state index in [1.54, 1.807) is 17.2 Å². The predicted molar refractivity (Wildman–Crippen MR) is 118 cm³/mol. The maximum atomic E-state index is 13.2. The molecule has 0 saturated carbocycles. The van der Waals surface area contributed by atoms with Gasteiger partial charge in [0.05, 0.1) is 17.8 Å². The zero-order valence-electron chi connectivity index (χ0n) is 17.7. The van der Waals surface area contributed by atoms with Gasteiger partial charge in [0, 0.05) is 44.8 Å². The van der Waals surface area contributed by atoms with Crippen molar-refractivity contribution in [1.29, 1.82) is 0 Å². The van der Waals surface area contributed by atoms with Crippen LogP contribution < -0.4 is 0 Å². The van der Waals surface area contributed by atoms with E-state index in [4.69, 9.17) is 16.0 Å². The van der Waals surface area contributed by atoms with Crippen molar-refractivity contribution in [1.82, 2.24) is 14.1 Å². The first-order valence-electron chi connectivity index (χ1n) is 10.7. The molecule has 1 unspecified atom stereocenters. The van der Waals surface area contributed by atoms with Crippen molar-refractivity contribution in [2.24, 2.45) is 5.92 Å². The summed E-state index contributed by atoms with van der Waals surface area (Å²) in [5, 5.41) is 0.151.